The summed E-state index contributed by atoms with van der Waals surface area (Å²) >= 11 is 11.6. The minimum atomic E-state index is -4.62. The molecule has 2 aromatic rings. The maximum absolute atomic E-state index is 12.6. The van der Waals surface area contributed by atoms with Crippen LogP contribution in [0.2, 0.25) is 5.02 Å². The zero-order chi connectivity index (χ0) is 19.7. The van der Waals surface area contributed by atoms with Gasteiger partial charge in [-0.1, -0.05) is 18.5 Å². The summed E-state index contributed by atoms with van der Waals surface area (Å²) in [4.78, 5) is 13.8. The van der Waals surface area contributed by atoms with E-state index in [1.54, 1.807) is 0 Å². The van der Waals surface area contributed by atoms with Crippen LogP contribution in [0.25, 0.3) is 0 Å². The third-order valence-corrected chi connectivity index (χ3v) is 6.68. The molecule has 1 unspecified atom stereocenters. The van der Waals surface area contributed by atoms with Gasteiger partial charge in [-0.05, 0) is 29.4 Å². The van der Waals surface area contributed by atoms with Gasteiger partial charge in [0.05, 0.1) is 10.5 Å². The minimum Gasteiger partial charge on any atom is -0.438 e. The average molecular weight is 429 g/mol. The van der Waals surface area contributed by atoms with Gasteiger partial charge in [-0.25, -0.2) is 4.98 Å². The molecule has 0 N–H and O–H groups in total. The van der Waals surface area contributed by atoms with Crippen molar-refractivity contribution in [3.8, 4) is 11.6 Å². The molecule has 2 rings (SSSR count). The lowest BCUT2D eigenvalue weighted by Crippen LogP contribution is -2.10. The van der Waals surface area contributed by atoms with Crippen molar-refractivity contribution in [1.29, 1.82) is 0 Å². The predicted octanol–water partition coefficient (Wildman–Crippen LogP) is 5.62. The summed E-state index contributed by atoms with van der Waals surface area (Å²) in [6.45, 7) is -2.04. The number of ether oxygens (including phenoxy) is 1. The van der Waals surface area contributed by atoms with Crippen LogP contribution >= 0.6 is 29.3 Å². The van der Waals surface area contributed by atoms with Crippen LogP contribution in [0.15, 0.2) is 30.5 Å². The van der Waals surface area contributed by atoms with Gasteiger partial charge in [0, 0.05) is 18.4 Å². The van der Waals surface area contributed by atoms with E-state index in [1.807, 2.05) is 0 Å². The molecule has 0 aliphatic rings. The molecule has 1 aromatic heterocycles. The largest absolute Gasteiger partial charge is 0.438 e. The Hall–Kier alpha value is -1.83. The van der Waals surface area contributed by atoms with Gasteiger partial charge in [-0.15, -0.1) is 0 Å². The maximum atomic E-state index is 12.6. The fraction of sp³-hybridized carbons (Fsp3) is 0.214. The molecule has 1 aromatic carbocycles. The van der Waals surface area contributed by atoms with Crippen LogP contribution in [0.4, 0.5) is 18.9 Å². The highest BCUT2D eigenvalue weighted by Gasteiger charge is 2.32. The highest BCUT2D eigenvalue weighted by atomic mass is 35.7. The number of rotatable bonds is 5. The van der Waals surface area contributed by atoms with Gasteiger partial charge in [0.25, 0.3) is 5.69 Å². The van der Waals surface area contributed by atoms with Crippen molar-refractivity contribution in [3.05, 3.63) is 51.2 Å². The van der Waals surface area contributed by atoms with Gasteiger partial charge in [-0.2, -0.15) is 13.2 Å². The number of nitro benzene ring substituents is 1. The molecule has 12 heteroatoms. The summed E-state index contributed by atoms with van der Waals surface area (Å²) in [6.07, 6.45) is -4.13. The van der Waals surface area contributed by atoms with Crippen molar-refractivity contribution in [3.63, 3.8) is 0 Å². The van der Waals surface area contributed by atoms with Crippen LogP contribution in [-0.4, -0.2) is 16.1 Å². The number of nitro groups is 1. The summed E-state index contributed by atoms with van der Waals surface area (Å²) in [5.41, 5.74) is -1.51. The van der Waals surface area contributed by atoms with E-state index in [1.165, 1.54) is 13.0 Å². The third-order valence-electron chi connectivity index (χ3n) is 3.26. The van der Waals surface area contributed by atoms with E-state index in [9.17, 15) is 27.9 Å². The monoisotopic (exact) mass is 428 g/mol. The van der Waals surface area contributed by atoms with E-state index in [0.29, 0.717) is 12.3 Å². The second-order valence-electron chi connectivity index (χ2n) is 4.99. The maximum Gasteiger partial charge on any atom is 0.417 e. The van der Waals surface area contributed by atoms with E-state index in [-0.39, 0.29) is 23.1 Å². The lowest BCUT2D eigenvalue weighted by molar-refractivity contribution is -0.383. The zero-order valence-electron chi connectivity index (χ0n) is 13.0. The normalized spacial score (nSPS) is 13.9. The number of pyridine rings is 1. The molecule has 0 radical (unpaired) electrons. The van der Waals surface area contributed by atoms with Crippen molar-refractivity contribution >= 4 is 40.3 Å². The lowest BCUT2D eigenvalue weighted by Gasteiger charge is -2.12. The number of hydrogen-bond acceptors (Lipinski definition) is 5. The van der Waals surface area contributed by atoms with Crippen molar-refractivity contribution < 1.29 is 27.4 Å². The fourth-order valence-corrected chi connectivity index (χ4v) is 3.70. The predicted molar refractivity (Wildman–Crippen MR) is 91.1 cm³/mol. The third kappa shape index (κ3) is 4.47. The molecule has 0 bridgehead atoms. The van der Waals surface area contributed by atoms with Gasteiger partial charge in [0.2, 0.25) is 12.4 Å². The summed E-state index contributed by atoms with van der Waals surface area (Å²) in [7, 11) is 0. The molecular weight excluding hydrogens is 419 g/mol. The Morgan fingerprint density at radius 3 is 2.50 bits per heavy atom. The number of halogens is 5. The number of aromatic nitrogens is 1. The molecule has 0 saturated heterocycles. The first-order valence-corrected chi connectivity index (χ1v) is 10.1. The summed E-state index contributed by atoms with van der Waals surface area (Å²) < 4.78 is 55.5. The molecule has 0 amide bonds. The smallest absolute Gasteiger partial charge is 0.417 e. The van der Waals surface area contributed by atoms with Crippen molar-refractivity contribution in [2.24, 2.45) is 0 Å². The molecule has 26 heavy (non-hydrogen) atoms. The van der Waals surface area contributed by atoms with Crippen LogP contribution in [0, 0.1) is 10.1 Å². The standard InChI is InChI=1S/C14H10Cl2F3N2O4P/c1-2-26(16,24)12-6-9(3-4-11(12)21(22)23)25-13-10(15)5-8(7-20-13)14(17,18)19/h3-7H,2H2,1H3. The van der Waals surface area contributed by atoms with Gasteiger partial charge >= 0.3 is 6.18 Å². The van der Waals surface area contributed by atoms with Gasteiger partial charge in [0.15, 0.2) is 0 Å². The average Bonchev–Trinajstić information content (AvgIpc) is 2.55. The van der Waals surface area contributed by atoms with Gasteiger partial charge in [0.1, 0.15) is 16.1 Å². The number of nitrogens with zero attached hydrogens (tertiary/aromatic N) is 2. The molecule has 6 nitrogen and oxygen atoms in total. The molecule has 1 atom stereocenters. The number of alkyl halides is 3. The fourth-order valence-electron chi connectivity index (χ4n) is 1.93. The molecule has 0 saturated carbocycles. The van der Waals surface area contributed by atoms with Crippen molar-refractivity contribution in [2.45, 2.75) is 13.1 Å². The van der Waals surface area contributed by atoms with Gasteiger partial charge in [-0.3, -0.25) is 10.1 Å². The second-order valence-corrected chi connectivity index (χ2v) is 9.45. The first kappa shape index (κ1) is 20.5. The zero-order valence-corrected chi connectivity index (χ0v) is 15.4. The quantitative estimate of drug-likeness (QED) is 0.350. The first-order chi connectivity index (χ1) is 12.0. The number of hydrogen-bond donors (Lipinski definition) is 0. The Morgan fingerprint density at radius 1 is 1.35 bits per heavy atom. The first-order valence-electron chi connectivity index (χ1n) is 6.94. The minimum absolute atomic E-state index is 0.0435. The molecular formula is C14H10Cl2F3N2O4P. The Balaban J connectivity index is 2.44. The Labute approximate surface area is 155 Å². The van der Waals surface area contributed by atoms with Gasteiger partial charge < -0.3 is 9.30 Å². The number of benzene rings is 1. The molecule has 0 aliphatic heterocycles. The molecule has 0 spiro atoms. The van der Waals surface area contributed by atoms with E-state index in [2.05, 4.69) is 4.98 Å². The lowest BCUT2D eigenvalue weighted by atomic mass is 10.3. The molecule has 140 valence electrons. The van der Waals surface area contributed by atoms with Crippen LogP contribution in [0.3, 0.4) is 0 Å². The van der Waals surface area contributed by atoms with E-state index in [0.717, 1.165) is 12.1 Å². The summed E-state index contributed by atoms with van der Waals surface area (Å²) in [5.74, 6) is -0.408. The summed E-state index contributed by atoms with van der Waals surface area (Å²) in [6, 6.07) is 3.93. The van der Waals surface area contributed by atoms with E-state index >= 15 is 0 Å². The highest BCUT2D eigenvalue weighted by molar-refractivity contribution is 7.95. The van der Waals surface area contributed by atoms with Crippen molar-refractivity contribution in [2.75, 3.05) is 6.16 Å². The van der Waals surface area contributed by atoms with Crippen LogP contribution < -0.4 is 10.0 Å². The molecule has 0 fully saturated rings. The van der Waals surface area contributed by atoms with Crippen LogP contribution in [0.5, 0.6) is 11.6 Å². The molecule has 0 aliphatic carbocycles. The van der Waals surface area contributed by atoms with E-state index in [4.69, 9.17) is 27.6 Å². The topological polar surface area (TPSA) is 82.3 Å². The van der Waals surface area contributed by atoms with Crippen molar-refractivity contribution in [1.82, 2.24) is 4.98 Å². The molecule has 1 heterocycles. The van der Waals surface area contributed by atoms with Crippen LogP contribution in [-0.2, 0) is 10.7 Å². The Bertz CT molecular complexity index is 908. The summed E-state index contributed by atoms with van der Waals surface area (Å²) in [5, 5.41) is 10.4. The SMILES string of the molecule is CCP(=O)(Cl)c1cc(Oc2ncc(C(F)(F)F)cc2Cl)ccc1[N+](=O)[O-]. The Morgan fingerprint density at radius 2 is 2.00 bits per heavy atom. The van der Waals surface area contributed by atoms with E-state index < -0.39 is 33.9 Å². The van der Waals surface area contributed by atoms with Crippen LogP contribution in [0.1, 0.15) is 12.5 Å². The second kappa shape index (κ2) is 7.42. The Kier molecular flexibility index (Phi) is 5.85. The highest BCUT2D eigenvalue weighted by Crippen LogP contribution is 2.52.